The molecule has 0 nitrogen and oxygen atoms in total. The van der Waals surface area contributed by atoms with E-state index in [4.69, 9.17) is 0 Å². The summed E-state index contributed by atoms with van der Waals surface area (Å²) in [5, 5.41) is 0. The molecule has 0 aliphatic carbocycles. The zero-order valence-corrected chi connectivity index (χ0v) is 7.43. The molecular weight excluding hydrogens is 188 g/mol. The van der Waals surface area contributed by atoms with Gasteiger partial charge in [0, 0.05) is 4.48 Å². The minimum Gasteiger partial charge on any atom is -0.0728 e. The van der Waals surface area contributed by atoms with Crippen LogP contribution in [0.1, 0.15) is 12.5 Å². The lowest BCUT2D eigenvalue weighted by molar-refractivity contribution is 1.64. The van der Waals surface area contributed by atoms with Crippen molar-refractivity contribution >= 4 is 20.4 Å². The highest BCUT2D eigenvalue weighted by Gasteiger charge is 1.90. The number of rotatable bonds is 1. The molecule has 0 unspecified atom stereocenters. The largest absolute Gasteiger partial charge is 0.0728 e. The number of allylic oxidation sites excluding steroid dienone is 1. The molecule has 0 aliphatic rings. The number of benzene rings is 1. The van der Waals surface area contributed by atoms with Crippen molar-refractivity contribution in [3.8, 4) is 0 Å². The summed E-state index contributed by atoms with van der Waals surface area (Å²) in [6.45, 7) is 2.01. The van der Waals surface area contributed by atoms with Crippen LogP contribution >= 0.6 is 15.9 Å². The maximum absolute atomic E-state index is 3.45. The van der Waals surface area contributed by atoms with Crippen molar-refractivity contribution in [2.24, 2.45) is 0 Å². The minimum atomic E-state index is 1.15. The molecule has 0 saturated heterocycles. The van der Waals surface area contributed by atoms with Gasteiger partial charge in [0.2, 0.25) is 0 Å². The van der Waals surface area contributed by atoms with Gasteiger partial charge in [-0.1, -0.05) is 52.3 Å². The average molecular weight is 197 g/mol. The third-order valence-corrected chi connectivity index (χ3v) is 2.22. The average Bonchev–Trinajstić information content (AvgIpc) is 2.05. The van der Waals surface area contributed by atoms with Gasteiger partial charge < -0.3 is 0 Å². The zero-order valence-electron chi connectivity index (χ0n) is 5.84. The fraction of sp³-hybridized carbons (Fsp3) is 0.111. The smallest absolute Gasteiger partial charge is 0.0205 e. The van der Waals surface area contributed by atoms with E-state index in [2.05, 4.69) is 28.1 Å². The van der Waals surface area contributed by atoms with Gasteiger partial charge in [-0.3, -0.25) is 0 Å². The molecule has 0 fully saturated rings. The molecule has 0 aliphatic heterocycles. The van der Waals surface area contributed by atoms with Crippen LogP contribution < -0.4 is 0 Å². The summed E-state index contributed by atoms with van der Waals surface area (Å²) in [6.07, 6.45) is 2.04. The zero-order chi connectivity index (χ0) is 7.40. The molecule has 52 valence electrons. The third kappa shape index (κ3) is 1.71. The van der Waals surface area contributed by atoms with Crippen LogP contribution in [0.2, 0.25) is 0 Å². The van der Waals surface area contributed by atoms with Gasteiger partial charge in [-0.25, -0.2) is 0 Å². The van der Waals surface area contributed by atoms with E-state index in [1.807, 2.05) is 31.2 Å². The Hall–Kier alpha value is -0.560. The van der Waals surface area contributed by atoms with E-state index >= 15 is 0 Å². The molecule has 1 aromatic carbocycles. The molecule has 0 spiro atoms. The number of hydrogen-bond donors (Lipinski definition) is 0. The van der Waals surface area contributed by atoms with Crippen LogP contribution in [0.25, 0.3) is 4.48 Å². The molecule has 0 aromatic heterocycles. The maximum Gasteiger partial charge on any atom is 0.0205 e. The van der Waals surface area contributed by atoms with Gasteiger partial charge in [-0.05, 0) is 12.5 Å². The van der Waals surface area contributed by atoms with Gasteiger partial charge in [0.15, 0.2) is 0 Å². The van der Waals surface area contributed by atoms with Crippen molar-refractivity contribution in [2.75, 3.05) is 0 Å². The summed E-state index contributed by atoms with van der Waals surface area (Å²) >= 11 is 3.45. The Labute approximate surface area is 69.7 Å². The van der Waals surface area contributed by atoms with Crippen LogP contribution in [0.4, 0.5) is 0 Å². The second-order valence-corrected chi connectivity index (χ2v) is 2.86. The highest BCUT2D eigenvalue weighted by Crippen LogP contribution is 2.19. The molecule has 0 atom stereocenters. The van der Waals surface area contributed by atoms with E-state index in [9.17, 15) is 0 Å². The van der Waals surface area contributed by atoms with E-state index in [0.29, 0.717) is 0 Å². The first-order chi connectivity index (χ1) is 4.84. The molecule has 1 heteroatoms. The van der Waals surface area contributed by atoms with Crippen molar-refractivity contribution in [1.82, 2.24) is 0 Å². The van der Waals surface area contributed by atoms with Crippen LogP contribution in [0, 0.1) is 0 Å². The third-order valence-electron chi connectivity index (χ3n) is 1.30. The molecule has 0 radical (unpaired) electrons. The fourth-order valence-electron chi connectivity index (χ4n) is 0.764. The first-order valence-electron chi connectivity index (χ1n) is 3.22. The lowest BCUT2D eigenvalue weighted by atomic mass is 10.2. The van der Waals surface area contributed by atoms with Crippen molar-refractivity contribution in [3.63, 3.8) is 0 Å². The topological polar surface area (TPSA) is 0 Å². The Morgan fingerprint density at radius 3 is 2.40 bits per heavy atom. The Balaban J connectivity index is 2.96. The lowest BCUT2D eigenvalue weighted by Crippen LogP contribution is -1.71. The predicted molar refractivity (Wildman–Crippen MR) is 49.0 cm³/mol. The van der Waals surface area contributed by atoms with Crippen LogP contribution in [0.5, 0.6) is 0 Å². The molecule has 0 N–H and O–H groups in total. The molecule has 0 amide bonds. The van der Waals surface area contributed by atoms with Gasteiger partial charge in [-0.2, -0.15) is 0 Å². The van der Waals surface area contributed by atoms with Crippen molar-refractivity contribution < 1.29 is 0 Å². The first-order valence-corrected chi connectivity index (χ1v) is 4.01. The first kappa shape index (κ1) is 7.55. The van der Waals surface area contributed by atoms with Crippen LogP contribution in [-0.2, 0) is 0 Å². The molecular formula is C9H9Br. The van der Waals surface area contributed by atoms with Crippen molar-refractivity contribution in [2.45, 2.75) is 6.92 Å². The van der Waals surface area contributed by atoms with Crippen molar-refractivity contribution in [1.29, 1.82) is 0 Å². The second-order valence-electron chi connectivity index (χ2n) is 2.00. The quantitative estimate of drug-likeness (QED) is 0.646. The van der Waals surface area contributed by atoms with Crippen molar-refractivity contribution in [3.05, 3.63) is 42.0 Å². The minimum absolute atomic E-state index is 1.15. The highest BCUT2D eigenvalue weighted by molar-refractivity contribution is 9.15. The van der Waals surface area contributed by atoms with Crippen LogP contribution in [0.3, 0.4) is 0 Å². The van der Waals surface area contributed by atoms with Gasteiger partial charge in [0.25, 0.3) is 0 Å². The maximum atomic E-state index is 3.45. The van der Waals surface area contributed by atoms with Gasteiger partial charge in [0.1, 0.15) is 0 Å². The summed E-state index contributed by atoms with van der Waals surface area (Å²) in [4.78, 5) is 0. The highest BCUT2D eigenvalue weighted by atomic mass is 79.9. The predicted octanol–water partition coefficient (Wildman–Crippen LogP) is 3.44. The van der Waals surface area contributed by atoms with E-state index < -0.39 is 0 Å². The van der Waals surface area contributed by atoms with Gasteiger partial charge >= 0.3 is 0 Å². The standard InChI is InChI=1S/C9H9Br/c1-2-9(10)8-6-4-3-5-7-8/h2-7H,1H3/b9-2+. The molecule has 1 aromatic rings. The monoisotopic (exact) mass is 196 g/mol. The SMILES string of the molecule is C/C=C(/Br)c1ccccc1. The van der Waals surface area contributed by atoms with E-state index in [0.717, 1.165) is 4.48 Å². The molecule has 0 heterocycles. The number of hydrogen-bond acceptors (Lipinski definition) is 0. The molecule has 1 rings (SSSR count). The summed E-state index contributed by atoms with van der Waals surface area (Å²) in [7, 11) is 0. The van der Waals surface area contributed by atoms with Gasteiger partial charge in [-0.15, -0.1) is 0 Å². The molecule has 0 bridgehead atoms. The number of halogens is 1. The normalized spacial score (nSPS) is 11.6. The molecule has 0 saturated carbocycles. The summed E-state index contributed by atoms with van der Waals surface area (Å²) in [5.41, 5.74) is 1.23. The Morgan fingerprint density at radius 1 is 1.30 bits per heavy atom. The summed E-state index contributed by atoms with van der Waals surface area (Å²) in [6, 6.07) is 10.2. The van der Waals surface area contributed by atoms with Crippen LogP contribution in [0.15, 0.2) is 36.4 Å². The van der Waals surface area contributed by atoms with E-state index in [1.165, 1.54) is 5.56 Å². The molecule has 10 heavy (non-hydrogen) atoms. The van der Waals surface area contributed by atoms with Gasteiger partial charge in [0.05, 0.1) is 0 Å². The Kier molecular flexibility index (Phi) is 2.69. The Bertz CT molecular complexity index is 224. The lowest BCUT2D eigenvalue weighted by Gasteiger charge is -1.95. The Morgan fingerprint density at radius 2 is 1.90 bits per heavy atom. The van der Waals surface area contributed by atoms with E-state index in [-0.39, 0.29) is 0 Å². The summed E-state index contributed by atoms with van der Waals surface area (Å²) < 4.78 is 1.15. The summed E-state index contributed by atoms with van der Waals surface area (Å²) in [5.74, 6) is 0. The second kappa shape index (κ2) is 3.57. The van der Waals surface area contributed by atoms with E-state index in [1.54, 1.807) is 0 Å². The fourth-order valence-corrected chi connectivity index (χ4v) is 1.03. The van der Waals surface area contributed by atoms with Crippen LogP contribution in [-0.4, -0.2) is 0 Å².